The van der Waals surface area contributed by atoms with Gasteiger partial charge in [0.1, 0.15) is 0 Å². The minimum Gasteiger partial charge on any atom is -0.316 e. The van der Waals surface area contributed by atoms with Crippen molar-refractivity contribution in [1.29, 1.82) is 0 Å². The summed E-state index contributed by atoms with van der Waals surface area (Å²) in [5.41, 5.74) is 1.13. The highest BCUT2D eigenvalue weighted by Gasteiger charge is 2.45. The van der Waals surface area contributed by atoms with E-state index in [9.17, 15) is 0 Å². The molecule has 2 unspecified atom stereocenters. The van der Waals surface area contributed by atoms with E-state index < -0.39 is 0 Å². The first-order valence-electron chi connectivity index (χ1n) is 6.36. The van der Waals surface area contributed by atoms with Gasteiger partial charge in [-0.3, -0.25) is 0 Å². The molecule has 2 nitrogen and oxygen atoms in total. The molecule has 0 aromatic heterocycles. The number of rotatable bonds is 4. The second-order valence-corrected chi connectivity index (χ2v) is 6.48. The van der Waals surface area contributed by atoms with Gasteiger partial charge in [0.2, 0.25) is 0 Å². The standard InChI is InChI=1S/C13H26N2/c1-11(13(3)5-6-13)15(4)10-12(2)7-8-14-9-12/h11,14H,5-10H2,1-4H3. The highest BCUT2D eigenvalue weighted by atomic mass is 15.2. The van der Waals surface area contributed by atoms with Gasteiger partial charge in [0, 0.05) is 19.1 Å². The molecule has 2 rings (SSSR count). The maximum atomic E-state index is 3.48. The minimum atomic E-state index is 0.508. The van der Waals surface area contributed by atoms with Crippen molar-refractivity contribution in [3.63, 3.8) is 0 Å². The van der Waals surface area contributed by atoms with E-state index in [1.54, 1.807) is 0 Å². The van der Waals surface area contributed by atoms with Gasteiger partial charge in [-0.1, -0.05) is 13.8 Å². The Morgan fingerprint density at radius 2 is 1.93 bits per heavy atom. The summed E-state index contributed by atoms with van der Waals surface area (Å²) < 4.78 is 0. The molecule has 0 spiro atoms. The second-order valence-electron chi connectivity index (χ2n) is 6.48. The smallest absolute Gasteiger partial charge is 0.0118 e. The van der Waals surface area contributed by atoms with Gasteiger partial charge < -0.3 is 10.2 Å². The van der Waals surface area contributed by atoms with Crippen molar-refractivity contribution in [3.8, 4) is 0 Å². The fourth-order valence-electron chi connectivity index (χ4n) is 2.89. The lowest BCUT2D eigenvalue weighted by Crippen LogP contribution is -2.43. The maximum absolute atomic E-state index is 3.48. The average molecular weight is 210 g/mol. The van der Waals surface area contributed by atoms with Crippen molar-refractivity contribution in [3.05, 3.63) is 0 Å². The Labute approximate surface area is 94.4 Å². The molecule has 2 fully saturated rings. The largest absolute Gasteiger partial charge is 0.316 e. The summed E-state index contributed by atoms with van der Waals surface area (Å²) in [7, 11) is 2.30. The van der Waals surface area contributed by atoms with Gasteiger partial charge >= 0.3 is 0 Å². The van der Waals surface area contributed by atoms with E-state index in [1.165, 1.54) is 38.9 Å². The van der Waals surface area contributed by atoms with Crippen molar-refractivity contribution >= 4 is 0 Å². The molecule has 0 bridgehead atoms. The van der Waals surface area contributed by atoms with Gasteiger partial charge in [0.25, 0.3) is 0 Å². The molecular weight excluding hydrogens is 184 g/mol. The number of hydrogen-bond donors (Lipinski definition) is 1. The van der Waals surface area contributed by atoms with E-state index in [2.05, 4.69) is 38.0 Å². The molecule has 15 heavy (non-hydrogen) atoms. The lowest BCUT2D eigenvalue weighted by atomic mass is 9.88. The molecule has 2 heteroatoms. The van der Waals surface area contributed by atoms with Gasteiger partial charge in [-0.15, -0.1) is 0 Å². The third-order valence-corrected chi connectivity index (χ3v) is 4.80. The van der Waals surface area contributed by atoms with E-state index in [1.807, 2.05) is 0 Å². The Balaban J connectivity index is 1.88. The molecule has 1 aliphatic carbocycles. The number of hydrogen-bond acceptors (Lipinski definition) is 2. The fourth-order valence-corrected chi connectivity index (χ4v) is 2.89. The Morgan fingerprint density at radius 1 is 1.27 bits per heavy atom. The first-order chi connectivity index (χ1) is 6.95. The molecule has 1 heterocycles. The van der Waals surface area contributed by atoms with Gasteiger partial charge in [0.15, 0.2) is 0 Å². The van der Waals surface area contributed by atoms with Crippen LogP contribution in [0.1, 0.15) is 40.0 Å². The number of nitrogens with zero attached hydrogens (tertiary/aromatic N) is 1. The van der Waals surface area contributed by atoms with Crippen LogP contribution in [-0.2, 0) is 0 Å². The predicted molar refractivity (Wildman–Crippen MR) is 65.0 cm³/mol. The van der Waals surface area contributed by atoms with Crippen LogP contribution in [0.2, 0.25) is 0 Å². The molecule has 2 aliphatic rings. The third-order valence-electron chi connectivity index (χ3n) is 4.80. The van der Waals surface area contributed by atoms with Crippen molar-refractivity contribution < 1.29 is 0 Å². The normalized spacial score (nSPS) is 35.8. The highest BCUT2D eigenvalue weighted by molar-refractivity contribution is 4.98. The van der Waals surface area contributed by atoms with Gasteiger partial charge in [0.05, 0.1) is 0 Å². The molecule has 0 aromatic carbocycles. The van der Waals surface area contributed by atoms with Crippen LogP contribution in [0.15, 0.2) is 0 Å². The summed E-state index contributed by atoms with van der Waals surface area (Å²) >= 11 is 0. The van der Waals surface area contributed by atoms with Crippen molar-refractivity contribution in [2.75, 3.05) is 26.7 Å². The minimum absolute atomic E-state index is 0.508. The summed E-state index contributed by atoms with van der Waals surface area (Å²) in [4.78, 5) is 2.58. The van der Waals surface area contributed by atoms with Crippen LogP contribution in [-0.4, -0.2) is 37.6 Å². The monoisotopic (exact) mass is 210 g/mol. The van der Waals surface area contributed by atoms with Crippen molar-refractivity contribution in [2.24, 2.45) is 10.8 Å². The lowest BCUT2D eigenvalue weighted by Gasteiger charge is -2.36. The van der Waals surface area contributed by atoms with E-state index in [4.69, 9.17) is 0 Å². The summed E-state index contributed by atoms with van der Waals surface area (Å²) in [6.07, 6.45) is 4.18. The van der Waals surface area contributed by atoms with Gasteiger partial charge in [-0.05, 0) is 50.6 Å². The molecule has 0 amide bonds. The molecule has 1 N–H and O–H groups in total. The first kappa shape index (κ1) is 11.4. The molecular formula is C13H26N2. The van der Waals surface area contributed by atoms with Crippen molar-refractivity contribution in [2.45, 2.75) is 46.1 Å². The second kappa shape index (κ2) is 3.74. The van der Waals surface area contributed by atoms with Crippen LogP contribution in [0.3, 0.4) is 0 Å². The first-order valence-corrected chi connectivity index (χ1v) is 6.36. The lowest BCUT2D eigenvalue weighted by molar-refractivity contribution is 0.127. The Kier molecular flexibility index (Phi) is 2.85. The Bertz CT molecular complexity index is 227. The zero-order chi connectivity index (χ0) is 11.1. The average Bonchev–Trinajstić information content (AvgIpc) is 2.78. The van der Waals surface area contributed by atoms with E-state index in [0.29, 0.717) is 10.8 Å². The predicted octanol–water partition coefficient (Wildman–Crippen LogP) is 2.11. The maximum Gasteiger partial charge on any atom is 0.0118 e. The Hall–Kier alpha value is -0.0800. The van der Waals surface area contributed by atoms with E-state index in [0.717, 1.165) is 6.04 Å². The molecule has 1 aliphatic heterocycles. The Morgan fingerprint density at radius 3 is 2.40 bits per heavy atom. The van der Waals surface area contributed by atoms with Gasteiger partial charge in [-0.25, -0.2) is 0 Å². The van der Waals surface area contributed by atoms with E-state index >= 15 is 0 Å². The van der Waals surface area contributed by atoms with Crippen LogP contribution in [0, 0.1) is 10.8 Å². The van der Waals surface area contributed by atoms with Crippen LogP contribution in [0.4, 0.5) is 0 Å². The molecule has 88 valence electrons. The van der Waals surface area contributed by atoms with Crippen LogP contribution in [0.5, 0.6) is 0 Å². The summed E-state index contributed by atoms with van der Waals surface area (Å²) in [5.74, 6) is 0. The van der Waals surface area contributed by atoms with Crippen molar-refractivity contribution in [1.82, 2.24) is 10.2 Å². The highest BCUT2D eigenvalue weighted by Crippen LogP contribution is 2.49. The molecule has 1 saturated heterocycles. The van der Waals surface area contributed by atoms with E-state index in [-0.39, 0.29) is 0 Å². The van der Waals surface area contributed by atoms with Crippen LogP contribution in [0.25, 0.3) is 0 Å². The van der Waals surface area contributed by atoms with Crippen LogP contribution < -0.4 is 5.32 Å². The summed E-state index contributed by atoms with van der Waals surface area (Å²) in [5, 5.41) is 3.48. The van der Waals surface area contributed by atoms with Gasteiger partial charge in [-0.2, -0.15) is 0 Å². The molecule has 0 aromatic rings. The topological polar surface area (TPSA) is 15.3 Å². The summed E-state index contributed by atoms with van der Waals surface area (Å²) in [6.45, 7) is 10.9. The zero-order valence-electron chi connectivity index (χ0n) is 10.8. The quantitative estimate of drug-likeness (QED) is 0.764. The SMILES string of the molecule is CC(N(C)CC1(C)CCNC1)C1(C)CC1. The zero-order valence-corrected chi connectivity index (χ0v) is 10.8. The number of nitrogens with one attached hydrogen (secondary N) is 1. The summed E-state index contributed by atoms with van der Waals surface area (Å²) in [6, 6.07) is 0.745. The third kappa shape index (κ3) is 2.36. The molecule has 2 atom stereocenters. The molecule has 0 radical (unpaired) electrons. The molecule has 1 saturated carbocycles. The van der Waals surface area contributed by atoms with Crippen LogP contribution >= 0.6 is 0 Å². The fraction of sp³-hybridized carbons (Fsp3) is 1.00.